The minimum Gasteiger partial charge on any atom is -0.269 e. The van der Waals surface area contributed by atoms with Gasteiger partial charge in [-0.15, -0.1) is 0 Å². The van der Waals surface area contributed by atoms with Gasteiger partial charge in [-0.3, -0.25) is 5.84 Å². The van der Waals surface area contributed by atoms with Crippen LogP contribution in [-0.2, 0) is 0 Å². The van der Waals surface area contributed by atoms with Crippen LogP contribution in [0.25, 0.3) is 0 Å². The van der Waals surface area contributed by atoms with Gasteiger partial charge in [-0.1, -0.05) is 25.7 Å². The third-order valence-corrected chi connectivity index (χ3v) is 3.79. The number of nitrogens with two attached hydrogens (primary N) is 1. The maximum atomic E-state index is 6.09. The van der Waals surface area contributed by atoms with Crippen molar-refractivity contribution < 1.29 is 0 Å². The predicted octanol–water partition coefficient (Wildman–Crippen LogP) is 2.29. The quantitative estimate of drug-likeness (QED) is 0.582. The molecule has 2 aliphatic rings. The molecule has 0 spiro atoms. The van der Waals surface area contributed by atoms with E-state index in [9.17, 15) is 0 Å². The average Bonchev–Trinajstić information content (AvgIpc) is 2.43. The molecular formula is C11H22N2. The van der Waals surface area contributed by atoms with Gasteiger partial charge in [-0.25, -0.2) is 5.01 Å². The van der Waals surface area contributed by atoms with Gasteiger partial charge in [-0.05, 0) is 31.6 Å². The van der Waals surface area contributed by atoms with Crippen LogP contribution in [0.15, 0.2) is 0 Å². The van der Waals surface area contributed by atoms with Crippen LogP contribution >= 0.6 is 0 Å². The first-order valence-corrected chi connectivity index (χ1v) is 5.89. The summed E-state index contributed by atoms with van der Waals surface area (Å²) in [6.45, 7) is 1.13. The van der Waals surface area contributed by atoms with Crippen molar-refractivity contribution in [2.45, 2.75) is 57.4 Å². The van der Waals surface area contributed by atoms with Crippen LogP contribution in [-0.4, -0.2) is 17.6 Å². The standard InChI is InChI=1S/C11H22N2/c12-13-9-5-4-7-10-6-2-1-3-8-11(10)13/h10-11H,1-9,12H2. The third-order valence-electron chi connectivity index (χ3n) is 3.79. The Labute approximate surface area is 81.4 Å². The molecule has 1 aliphatic heterocycles. The second-order valence-electron chi connectivity index (χ2n) is 4.70. The fourth-order valence-electron chi connectivity index (χ4n) is 3.00. The largest absolute Gasteiger partial charge is 0.269 e. The second-order valence-corrected chi connectivity index (χ2v) is 4.70. The molecule has 0 aromatic carbocycles. The maximum absolute atomic E-state index is 6.09. The van der Waals surface area contributed by atoms with Crippen LogP contribution in [0.5, 0.6) is 0 Å². The Morgan fingerprint density at radius 2 is 1.54 bits per heavy atom. The third kappa shape index (κ3) is 2.23. The van der Waals surface area contributed by atoms with Crippen LogP contribution in [0, 0.1) is 5.92 Å². The Bertz CT molecular complexity index is 156. The highest BCUT2D eigenvalue weighted by molar-refractivity contribution is 4.82. The Morgan fingerprint density at radius 1 is 0.846 bits per heavy atom. The van der Waals surface area contributed by atoms with Crippen LogP contribution in [0.4, 0.5) is 0 Å². The van der Waals surface area contributed by atoms with Crippen molar-refractivity contribution in [3.8, 4) is 0 Å². The van der Waals surface area contributed by atoms with Gasteiger partial charge in [0.25, 0.3) is 0 Å². The lowest BCUT2D eigenvalue weighted by molar-refractivity contribution is 0.149. The Morgan fingerprint density at radius 3 is 2.38 bits per heavy atom. The van der Waals surface area contributed by atoms with Gasteiger partial charge in [0.15, 0.2) is 0 Å². The number of nitrogens with zero attached hydrogens (tertiary/aromatic N) is 1. The van der Waals surface area contributed by atoms with Crippen LogP contribution in [0.1, 0.15) is 51.4 Å². The van der Waals surface area contributed by atoms with Crippen molar-refractivity contribution in [2.24, 2.45) is 11.8 Å². The van der Waals surface area contributed by atoms with E-state index in [1.54, 1.807) is 0 Å². The summed E-state index contributed by atoms with van der Waals surface area (Å²) >= 11 is 0. The fourth-order valence-corrected chi connectivity index (χ4v) is 3.00. The van der Waals surface area contributed by atoms with E-state index in [0.29, 0.717) is 6.04 Å². The fraction of sp³-hybridized carbons (Fsp3) is 1.00. The van der Waals surface area contributed by atoms with E-state index >= 15 is 0 Å². The zero-order valence-corrected chi connectivity index (χ0v) is 8.54. The van der Waals surface area contributed by atoms with Crippen molar-refractivity contribution in [3.63, 3.8) is 0 Å². The van der Waals surface area contributed by atoms with Gasteiger partial charge in [0, 0.05) is 12.6 Å². The maximum Gasteiger partial charge on any atom is 0.0269 e. The first-order valence-electron chi connectivity index (χ1n) is 5.89. The van der Waals surface area contributed by atoms with Gasteiger partial charge in [0.1, 0.15) is 0 Å². The summed E-state index contributed by atoms with van der Waals surface area (Å²) < 4.78 is 0. The minimum absolute atomic E-state index is 0.713. The molecule has 13 heavy (non-hydrogen) atoms. The Hall–Kier alpha value is -0.0800. The molecule has 2 N–H and O–H groups in total. The molecule has 1 heterocycles. The summed E-state index contributed by atoms with van der Waals surface area (Å²) in [4.78, 5) is 0. The summed E-state index contributed by atoms with van der Waals surface area (Å²) in [5, 5.41) is 2.14. The molecule has 0 radical (unpaired) electrons. The molecular weight excluding hydrogens is 160 g/mol. The second kappa shape index (κ2) is 4.43. The van der Waals surface area contributed by atoms with Gasteiger partial charge in [0.05, 0.1) is 0 Å². The number of rotatable bonds is 0. The number of hydrazine groups is 1. The lowest BCUT2D eigenvalue weighted by Gasteiger charge is -2.30. The van der Waals surface area contributed by atoms with Crippen molar-refractivity contribution in [2.75, 3.05) is 6.54 Å². The molecule has 0 bridgehead atoms. The van der Waals surface area contributed by atoms with Crippen molar-refractivity contribution in [3.05, 3.63) is 0 Å². The molecule has 76 valence electrons. The molecule has 0 aromatic rings. The van der Waals surface area contributed by atoms with Crippen molar-refractivity contribution in [1.82, 2.24) is 5.01 Å². The monoisotopic (exact) mass is 182 g/mol. The van der Waals surface area contributed by atoms with Crippen LogP contribution in [0.3, 0.4) is 0 Å². The summed E-state index contributed by atoms with van der Waals surface area (Å²) in [5.41, 5.74) is 0. The highest BCUT2D eigenvalue weighted by Crippen LogP contribution is 2.31. The topological polar surface area (TPSA) is 29.3 Å². The number of hydrogen-bond acceptors (Lipinski definition) is 2. The Balaban J connectivity index is 2.03. The molecule has 0 aromatic heterocycles. The summed E-state index contributed by atoms with van der Waals surface area (Å²) in [6, 6.07) is 0.713. The summed E-state index contributed by atoms with van der Waals surface area (Å²) in [5.74, 6) is 7.00. The molecule has 2 atom stereocenters. The van der Waals surface area contributed by atoms with E-state index in [-0.39, 0.29) is 0 Å². The van der Waals surface area contributed by atoms with E-state index in [1.165, 1.54) is 51.4 Å². The van der Waals surface area contributed by atoms with E-state index < -0.39 is 0 Å². The normalized spacial score (nSPS) is 37.6. The van der Waals surface area contributed by atoms with Crippen molar-refractivity contribution >= 4 is 0 Å². The van der Waals surface area contributed by atoms with E-state index in [1.807, 2.05) is 0 Å². The zero-order chi connectivity index (χ0) is 9.10. The van der Waals surface area contributed by atoms with E-state index in [4.69, 9.17) is 5.84 Å². The van der Waals surface area contributed by atoms with Gasteiger partial charge < -0.3 is 0 Å². The van der Waals surface area contributed by atoms with Gasteiger partial charge in [-0.2, -0.15) is 0 Å². The first-order chi connectivity index (χ1) is 6.38. The molecule has 2 heteroatoms. The zero-order valence-electron chi connectivity index (χ0n) is 8.54. The molecule has 2 rings (SSSR count). The molecule has 2 fully saturated rings. The molecule has 1 aliphatic carbocycles. The van der Waals surface area contributed by atoms with E-state index in [0.717, 1.165) is 12.5 Å². The minimum atomic E-state index is 0.713. The SMILES string of the molecule is NN1CCCCC2CCCCCC21. The van der Waals surface area contributed by atoms with Gasteiger partial charge >= 0.3 is 0 Å². The van der Waals surface area contributed by atoms with Crippen LogP contribution in [0.2, 0.25) is 0 Å². The number of hydrogen-bond donors (Lipinski definition) is 1. The van der Waals surface area contributed by atoms with Crippen LogP contribution < -0.4 is 5.84 Å². The predicted molar refractivity (Wildman–Crippen MR) is 55.1 cm³/mol. The van der Waals surface area contributed by atoms with E-state index in [2.05, 4.69) is 5.01 Å². The summed E-state index contributed by atoms with van der Waals surface area (Å²) in [6.07, 6.45) is 11.2. The Kier molecular flexibility index (Phi) is 3.23. The summed E-state index contributed by atoms with van der Waals surface area (Å²) in [7, 11) is 0. The molecule has 0 amide bonds. The van der Waals surface area contributed by atoms with Crippen molar-refractivity contribution in [1.29, 1.82) is 0 Å². The smallest absolute Gasteiger partial charge is 0.0269 e. The van der Waals surface area contributed by atoms with Gasteiger partial charge in [0.2, 0.25) is 0 Å². The lowest BCUT2D eigenvalue weighted by Crippen LogP contribution is -2.44. The molecule has 2 nitrogen and oxygen atoms in total. The highest BCUT2D eigenvalue weighted by atomic mass is 15.4. The molecule has 2 unspecified atom stereocenters. The first kappa shape index (κ1) is 9.47. The average molecular weight is 182 g/mol. The number of fused-ring (bicyclic) bond motifs is 1. The molecule has 1 saturated heterocycles. The highest BCUT2D eigenvalue weighted by Gasteiger charge is 2.28. The molecule has 1 saturated carbocycles. The lowest BCUT2D eigenvalue weighted by atomic mass is 9.91.